The van der Waals surface area contributed by atoms with Crippen molar-refractivity contribution in [2.24, 2.45) is 5.92 Å². The first-order valence-electron chi connectivity index (χ1n) is 10.1. The highest BCUT2D eigenvalue weighted by Crippen LogP contribution is 2.23. The van der Waals surface area contributed by atoms with Crippen LogP contribution in [0.3, 0.4) is 0 Å². The standard InChI is InChI=1S/C23H29N3O3/c1-29-21-10-6-5-9-20(21)25-22(27)13-16-26-14-11-19(12-15-26)23(28)24-17-18-7-3-2-4-8-18/h2-10,19H,11-17H2,1H3,(H,24,28)(H,25,27). The number of nitrogens with one attached hydrogen (secondary N) is 2. The summed E-state index contributed by atoms with van der Waals surface area (Å²) >= 11 is 0. The van der Waals surface area contributed by atoms with Crippen molar-refractivity contribution in [1.82, 2.24) is 10.2 Å². The number of nitrogens with zero attached hydrogens (tertiary/aromatic N) is 1. The zero-order valence-electron chi connectivity index (χ0n) is 16.9. The smallest absolute Gasteiger partial charge is 0.225 e. The molecule has 2 N–H and O–H groups in total. The van der Waals surface area contributed by atoms with Crippen molar-refractivity contribution in [3.05, 3.63) is 60.2 Å². The van der Waals surface area contributed by atoms with Crippen molar-refractivity contribution in [3.8, 4) is 5.75 Å². The number of rotatable bonds is 8. The first-order valence-corrected chi connectivity index (χ1v) is 10.1. The minimum Gasteiger partial charge on any atom is -0.495 e. The maximum absolute atomic E-state index is 12.4. The van der Waals surface area contributed by atoms with E-state index in [1.807, 2.05) is 54.6 Å². The molecule has 6 heteroatoms. The monoisotopic (exact) mass is 395 g/mol. The van der Waals surface area contributed by atoms with E-state index < -0.39 is 0 Å². The second-order valence-electron chi connectivity index (χ2n) is 7.32. The molecule has 2 aromatic rings. The minimum absolute atomic E-state index is 0.0303. The molecule has 2 amide bonds. The van der Waals surface area contributed by atoms with Gasteiger partial charge in [0.25, 0.3) is 0 Å². The van der Waals surface area contributed by atoms with Crippen LogP contribution in [0.2, 0.25) is 0 Å². The van der Waals surface area contributed by atoms with Gasteiger partial charge in [-0.1, -0.05) is 42.5 Å². The van der Waals surface area contributed by atoms with E-state index >= 15 is 0 Å². The molecule has 3 rings (SSSR count). The number of likely N-dealkylation sites (tertiary alicyclic amines) is 1. The average Bonchev–Trinajstić information content (AvgIpc) is 2.77. The molecule has 1 saturated heterocycles. The van der Waals surface area contributed by atoms with E-state index in [-0.39, 0.29) is 17.7 Å². The summed E-state index contributed by atoms with van der Waals surface area (Å²) in [5.74, 6) is 0.806. The summed E-state index contributed by atoms with van der Waals surface area (Å²) in [5.41, 5.74) is 1.80. The third kappa shape index (κ3) is 6.32. The fraction of sp³-hybridized carbons (Fsp3) is 0.391. The van der Waals surface area contributed by atoms with Crippen molar-refractivity contribution in [2.75, 3.05) is 32.1 Å². The number of ether oxygens (including phenoxy) is 1. The highest BCUT2D eigenvalue weighted by molar-refractivity contribution is 5.92. The highest BCUT2D eigenvalue weighted by atomic mass is 16.5. The van der Waals surface area contributed by atoms with Crippen LogP contribution in [-0.2, 0) is 16.1 Å². The summed E-state index contributed by atoms with van der Waals surface area (Å²) in [4.78, 5) is 26.9. The van der Waals surface area contributed by atoms with Crippen molar-refractivity contribution < 1.29 is 14.3 Å². The summed E-state index contributed by atoms with van der Waals surface area (Å²) in [5, 5.41) is 5.94. The molecule has 0 aliphatic carbocycles. The van der Waals surface area contributed by atoms with Crippen molar-refractivity contribution in [1.29, 1.82) is 0 Å². The number of hydrogen-bond acceptors (Lipinski definition) is 4. The Labute approximate surface area is 172 Å². The summed E-state index contributed by atoms with van der Waals surface area (Å²) in [7, 11) is 1.59. The lowest BCUT2D eigenvalue weighted by Crippen LogP contribution is -2.41. The third-order valence-electron chi connectivity index (χ3n) is 5.30. The van der Waals surface area contributed by atoms with Gasteiger partial charge in [-0.25, -0.2) is 0 Å². The number of methoxy groups -OCH3 is 1. The van der Waals surface area contributed by atoms with Gasteiger partial charge in [0.05, 0.1) is 12.8 Å². The first kappa shape index (κ1) is 20.9. The van der Waals surface area contributed by atoms with E-state index in [9.17, 15) is 9.59 Å². The number of benzene rings is 2. The molecule has 154 valence electrons. The molecule has 1 aliphatic heterocycles. The lowest BCUT2D eigenvalue weighted by atomic mass is 9.95. The number of hydrogen-bond donors (Lipinski definition) is 2. The molecule has 0 radical (unpaired) electrons. The fourth-order valence-electron chi connectivity index (χ4n) is 3.57. The molecule has 0 bridgehead atoms. The van der Waals surface area contributed by atoms with E-state index in [4.69, 9.17) is 4.74 Å². The lowest BCUT2D eigenvalue weighted by Gasteiger charge is -2.31. The van der Waals surface area contributed by atoms with Gasteiger partial charge >= 0.3 is 0 Å². The summed E-state index contributed by atoms with van der Waals surface area (Å²) in [6.45, 7) is 2.94. The van der Waals surface area contributed by atoms with E-state index in [0.29, 0.717) is 30.9 Å². The largest absolute Gasteiger partial charge is 0.495 e. The SMILES string of the molecule is COc1ccccc1NC(=O)CCN1CCC(C(=O)NCc2ccccc2)CC1. The summed E-state index contributed by atoms with van der Waals surface area (Å²) in [6.07, 6.45) is 2.08. The Balaban J connectivity index is 1.36. The molecule has 29 heavy (non-hydrogen) atoms. The van der Waals surface area contributed by atoms with E-state index in [1.54, 1.807) is 7.11 Å². The predicted octanol–water partition coefficient (Wildman–Crippen LogP) is 3.05. The fourth-order valence-corrected chi connectivity index (χ4v) is 3.57. The zero-order chi connectivity index (χ0) is 20.5. The lowest BCUT2D eigenvalue weighted by molar-refractivity contribution is -0.126. The number of para-hydroxylation sites is 2. The molecule has 1 aliphatic rings. The second-order valence-corrected chi connectivity index (χ2v) is 7.32. The van der Waals surface area contributed by atoms with Crippen LogP contribution in [0.25, 0.3) is 0 Å². The van der Waals surface area contributed by atoms with Gasteiger partial charge in [-0.05, 0) is 43.6 Å². The van der Waals surface area contributed by atoms with Crippen molar-refractivity contribution in [3.63, 3.8) is 0 Å². The molecule has 1 fully saturated rings. The number of carbonyl (C=O) groups is 2. The van der Waals surface area contributed by atoms with Crippen LogP contribution in [0.4, 0.5) is 5.69 Å². The zero-order valence-corrected chi connectivity index (χ0v) is 16.9. The Morgan fingerprint density at radius 1 is 1.03 bits per heavy atom. The third-order valence-corrected chi connectivity index (χ3v) is 5.30. The van der Waals surface area contributed by atoms with Gasteiger partial charge in [-0.15, -0.1) is 0 Å². The maximum Gasteiger partial charge on any atom is 0.225 e. The van der Waals surface area contributed by atoms with Gasteiger partial charge in [-0.2, -0.15) is 0 Å². The maximum atomic E-state index is 12.4. The van der Waals surface area contributed by atoms with Gasteiger partial charge in [0.1, 0.15) is 5.75 Å². The molecule has 2 aromatic carbocycles. The van der Waals surface area contributed by atoms with Crippen LogP contribution in [0.5, 0.6) is 5.75 Å². The summed E-state index contributed by atoms with van der Waals surface area (Å²) < 4.78 is 5.26. The highest BCUT2D eigenvalue weighted by Gasteiger charge is 2.25. The van der Waals surface area contributed by atoms with Crippen molar-refractivity contribution in [2.45, 2.75) is 25.8 Å². The minimum atomic E-state index is -0.0303. The molecular formula is C23H29N3O3. The quantitative estimate of drug-likeness (QED) is 0.721. The molecule has 1 heterocycles. The van der Waals surface area contributed by atoms with Gasteiger partial charge in [0, 0.05) is 25.4 Å². The van der Waals surface area contributed by atoms with Crippen LogP contribution in [0, 0.1) is 5.92 Å². The topological polar surface area (TPSA) is 70.7 Å². The number of amides is 2. The summed E-state index contributed by atoms with van der Waals surface area (Å²) in [6, 6.07) is 17.3. The van der Waals surface area contributed by atoms with Crippen LogP contribution in [0.15, 0.2) is 54.6 Å². The Morgan fingerprint density at radius 2 is 1.72 bits per heavy atom. The number of anilines is 1. The van der Waals surface area contributed by atoms with Crippen molar-refractivity contribution >= 4 is 17.5 Å². The Hall–Kier alpha value is -2.86. The number of carbonyl (C=O) groups excluding carboxylic acids is 2. The van der Waals surface area contributed by atoms with E-state index in [2.05, 4.69) is 15.5 Å². The predicted molar refractivity (Wildman–Crippen MR) is 114 cm³/mol. The molecular weight excluding hydrogens is 366 g/mol. The second kappa shape index (κ2) is 10.6. The van der Waals surface area contributed by atoms with Crippen LogP contribution in [-0.4, -0.2) is 43.5 Å². The van der Waals surface area contributed by atoms with Gasteiger partial charge in [0.2, 0.25) is 11.8 Å². The average molecular weight is 396 g/mol. The first-order chi connectivity index (χ1) is 14.2. The van der Waals surface area contributed by atoms with Gasteiger partial charge in [-0.3, -0.25) is 9.59 Å². The molecule has 0 saturated carbocycles. The van der Waals surface area contributed by atoms with Crippen LogP contribution >= 0.6 is 0 Å². The van der Waals surface area contributed by atoms with E-state index in [1.165, 1.54) is 0 Å². The van der Waals surface area contributed by atoms with E-state index in [0.717, 1.165) is 31.5 Å². The normalized spacial score (nSPS) is 14.9. The molecule has 0 unspecified atom stereocenters. The van der Waals surface area contributed by atoms with Gasteiger partial charge in [0.15, 0.2) is 0 Å². The Morgan fingerprint density at radius 3 is 2.45 bits per heavy atom. The Kier molecular flexibility index (Phi) is 7.64. The molecule has 0 spiro atoms. The Bertz CT molecular complexity index is 802. The molecule has 0 atom stereocenters. The van der Waals surface area contributed by atoms with Crippen LogP contribution in [0.1, 0.15) is 24.8 Å². The van der Waals surface area contributed by atoms with Crippen LogP contribution < -0.4 is 15.4 Å². The molecule has 0 aromatic heterocycles. The molecule has 6 nitrogen and oxygen atoms in total. The number of piperidine rings is 1. The van der Waals surface area contributed by atoms with Gasteiger partial charge < -0.3 is 20.3 Å².